The molecule has 31 heavy (non-hydrogen) atoms. The summed E-state index contributed by atoms with van der Waals surface area (Å²) in [4.78, 5) is 26.7. The number of ether oxygens (including phenoxy) is 2. The zero-order valence-electron chi connectivity index (χ0n) is 17.0. The Balaban J connectivity index is 1.39. The van der Waals surface area contributed by atoms with Crippen molar-refractivity contribution in [2.75, 3.05) is 19.8 Å². The topological polar surface area (TPSA) is 115 Å². The van der Waals surface area contributed by atoms with Gasteiger partial charge in [-0.15, -0.1) is 0 Å². The molecule has 2 aliphatic rings. The van der Waals surface area contributed by atoms with Crippen molar-refractivity contribution in [3.8, 4) is 0 Å². The number of aryl methyl sites for hydroxylation is 1. The molecule has 3 heterocycles. The molecular formula is C21H23FN4O5. The van der Waals surface area contributed by atoms with Crippen LogP contribution in [0.15, 0.2) is 35.5 Å². The summed E-state index contributed by atoms with van der Waals surface area (Å²) in [5.41, 5.74) is 1.92. The number of nitrogens with zero attached hydrogens (tertiary/aromatic N) is 3. The van der Waals surface area contributed by atoms with E-state index < -0.39 is 5.91 Å². The molecule has 1 amide bonds. The molecule has 10 heteroatoms. The fraction of sp³-hybridized carbons (Fsp3) is 0.429. The number of aliphatic hydroxyl groups is 1. The Hall–Kier alpha value is -2.95. The molecular weight excluding hydrogens is 407 g/mol. The number of oxime groups is 1. The van der Waals surface area contributed by atoms with Crippen LogP contribution in [0.25, 0.3) is 0 Å². The molecule has 3 atom stereocenters. The van der Waals surface area contributed by atoms with E-state index in [9.17, 15) is 9.18 Å². The van der Waals surface area contributed by atoms with Crippen LogP contribution < -0.4 is 5.32 Å². The monoisotopic (exact) mass is 430 g/mol. The molecule has 0 aliphatic carbocycles. The van der Waals surface area contributed by atoms with Gasteiger partial charge in [-0.3, -0.25) is 4.79 Å². The molecule has 0 spiro atoms. The summed E-state index contributed by atoms with van der Waals surface area (Å²) >= 11 is 0. The summed E-state index contributed by atoms with van der Waals surface area (Å²) < 4.78 is 24.5. The normalized spacial score (nSPS) is 23.2. The number of carbonyl (C=O) groups is 1. The summed E-state index contributed by atoms with van der Waals surface area (Å²) in [6, 6.07) is 7.58. The van der Waals surface area contributed by atoms with Crippen LogP contribution in [-0.4, -0.2) is 64.8 Å². The maximum atomic E-state index is 13.3. The van der Waals surface area contributed by atoms with E-state index in [1.54, 1.807) is 25.1 Å². The lowest BCUT2D eigenvalue weighted by Crippen LogP contribution is -2.43. The number of rotatable bonds is 6. The third kappa shape index (κ3) is 5.22. The highest BCUT2D eigenvalue weighted by atomic mass is 19.1. The summed E-state index contributed by atoms with van der Waals surface area (Å²) in [7, 11) is 0. The van der Waals surface area contributed by atoms with Gasteiger partial charge in [-0.05, 0) is 30.7 Å². The molecule has 2 aliphatic heterocycles. The molecule has 1 fully saturated rings. The Bertz CT molecular complexity index is 978. The molecule has 1 unspecified atom stereocenters. The average Bonchev–Trinajstić information content (AvgIpc) is 3.27. The van der Waals surface area contributed by atoms with Crippen molar-refractivity contribution in [2.45, 2.75) is 38.2 Å². The minimum Gasteiger partial charge on any atom is -0.394 e. The molecule has 0 radical (unpaired) electrons. The Morgan fingerprint density at radius 2 is 2.10 bits per heavy atom. The van der Waals surface area contributed by atoms with E-state index in [4.69, 9.17) is 19.4 Å². The second kappa shape index (κ2) is 9.46. The van der Waals surface area contributed by atoms with Gasteiger partial charge in [0.15, 0.2) is 6.10 Å². The zero-order valence-corrected chi connectivity index (χ0v) is 17.0. The summed E-state index contributed by atoms with van der Waals surface area (Å²) in [5.74, 6) is -0.339. The number of halogens is 1. The fourth-order valence-electron chi connectivity index (χ4n) is 3.38. The van der Waals surface area contributed by atoms with E-state index in [0.29, 0.717) is 42.4 Å². The molecule has 2 aromatic rings. The van der Waals surface area contributed by atoms with E-state index in [-0.39, 0.29) is 43.0 Å². The van der Waals surface area contributed by atoms with Crippen LogP contribution in [0.1, 0.15) is 34.0 Å². The van der Waals surface area contributed by atoms with Crippen LogP contribution in [0.4, 0.5) is 4.39 Å². The van der Waals surface area contributed by atoms with Gasteiger partial charge < -0.3 is 24.7 Å². The van der Waals surface area contributed by atoms with Crippen LogP contribution in [0.5, 0.6) is 0 Å². The highest BCUT2D eigenvalue weighted by Crippen LogP contribution is 2.23. The van der Waals surface area contributed by atoms with Gasteiger partial charge in [0.05, 0.1) is 25.5 Å². The number of benzene rings is 1. The van der Waals surface area contributed by atoms with Crippen LogP contribution in [-0.2, 0) is 20.9 Å². The van der Waals surface area contributed by atoms with Crippen molar-refractivity contribution in [3.05, 3.63) is 58.9 Å². The number of aromatic nitrogens is 2. The molecule has 4 rings (SSSR count). The van der Waals surface area contributed by atoms with E-state index >= 15 is 0 Å². The van der Waals surface area contributed by atoms with Crippen molar-refractivity contribution >= 4 is 11.6 Å². The van der Waals surface area contributed by atoms with Gasteiger partial charge in [-0.25, -0.2) is 14.4 Å². The first-order chi connectivity index (χ1) is 15.0. The highest BCUT2D eigenvalue weighted by molar-refractivity contribution is 6.02. The van der Waals surface area contributed by atoms with Crippen molar-refractivity contribution in [2.24, 2.45) is 5.16 Å². The van der Waals surface area contributed by atoms with E-state index in [2.05, 4.69) is 20.4 Å². The number of nitrogens with one attached hydrogen (secondary N) is 1. The third-order valence-electron chi connectivity index (χ3n) is 5.01. The number of carbonyl (C=O) groups excluding carboxylic acids is 1. The number of hydrogen-bond acceptors (Lipinski definition) is 8. The summed E-state index contributed by atoms with van der Waals surface area (Å²) in [6.07, 6.45) is -0.522. The summed E-state index contributed by atoms with van der Waals surface area (Å²) in [5, 5.41) is 16.0. The molecule has 1 saturated heterocycles. The van der Waals surface area contributed by atoms with Gasteiger partial charge >= 0.3 is 0 Å². The summed E-state index contributed by atoms with van der Waals surface area (Å²) in [6.45, 7) is 2.36. The first-order valence-electron chi connectivity index (χ1n) is 9.97. The Kier molecular flexibility index (Phi) is 6.50. The molecule has 1 aromatic carbocycles. The number of aliphatic hydroxyl groups excluding tert-OH is 1. The minimum atomic E-state index is -0.397. The van der Waals surface area contributed by atoms with Crippen molar-refractivity contribution < 1.29 is 28.6 Å². The number of amides is 1. The predicted octanol–water partition coefficient (Wildman–Crippen LogP) is 1.12. The molecule has 164 valence electrons. The van der Waals surface area contributed by atoms with Gasteiger partial charge in [0.1, 0.15) is 35.3 Å². The van der Waals surface area contributed by atoms with Gasteiger partial charge in [0, 0.05) is 13.0 Å². The van der Waals surface area contributed by atoms with Crippen molar-refractivity contribution in [1.29, 1.82) is 0 Å². The van der Waals surface area contributed by atoms with Crippen molar-refractivity contribution in [3.63, 3.8) is 0 Å². The highest BCUT2D eigenvalue weighted by Gasteiger charge is 2.35. The molecule has 0 bridgehead atoms. The maximum absolute atomic E-state index is 13.3. The van der Waals surface area contributed by atoms with Crippen LogP contribution in [0.2, 0.25) is 0 Å². The molecule has 9 nitrogen and oxygen atoms in total. The van der Waals surface area contributed by atoms with Crippen LogP contribution >= 0.6 is 0 Å². The molecule has 1 aromatic heterocycles. The Morgan fingerprint density at radius 1 is 1.23 bits per heavy atom. The first kappa shape index (κ1) is 21.3. The molecule has 2 N–H and O–H groups in total. The number of hydrogen-bond donors (Lipinski definition) is 2. The third-order valence-corrected chi connectivity index (χ3v) is 5.01. The largest absolute Gasteiger partial charge is 0.394 e. The Labute approximate surface area is 178 Å². The smallest absolute Gasteiger partial charge is 0.270 e. The van der Waals surface area contributed by atoms with Crippen LogP contribution in [0, 0.1) is 12.7 Å². The second-order valence-corrected chi connectivity index (χ2v) is 7.39. The van der Waals surface area contributed by atoms with Gasteiger partial charge in [0.2, 0.25) is 0 Å². The minimum absolute atomic E-state index is 0.0930. The fourth-order valence-corrected chi connectivity index (χ4v) is 3.38. The van der Waals surface area contributed by atoms with Crippen molar-refractivity contribution in [1.82, 2.24) is 15.3 Å². The lowest BCUT2D eigenvalue weighted by molar-refractivity contribution is -0.178. The van der Waals surface area contributed by atoms with E-state index in [1.165, 1.54) is 12.1 Å². The van der Waals surface area contributed by atoms with Gasteiger partial charge in [0.25, 0.3) is 5.91 Å². The standard InChI is InChI=1S/C21H23FN4O5/c1-12-24-16(17-7-19(31-26-17)20-11-29-15(9-27)10-30-20)6-18(25-12)21(28)23-8-13-3-2-4-14(22)5-13/h2-6,15,19-20,27H,7-11H2,1H3,(H,23,28)/t15-,19+,20?/m1/s1. The van der Waals surface area contributed by atoms with Gasteiger partial charge in [-0.1, -0.05) is 17.3 Å². The first-order valence-corrected chi connectivity index (χ1v) is 9.97. The lowest BCUT2D eigenvalue weighted by atomic mass is 10.0. The Morgan fingerprint density at radius 3 is 2.84 bits per heavy atom. The zero-order chi connectivity index (χ0) is 21.8. The lowest BCUT2D eigenvalue weighted by Gasteiger charge is -2.30. The van der Waals surface area contributed by atoms with E-state index in [1.807, 2.05) is 0 Å². The maximum Gasteiger partial charge on any atom is 0.270 e. The van der Waals surface area contributed by atoms with Gasteiger partial charge in [-0.2, -0.15) is 0 Å². The van der Waals surface area contributed by atoms with Crippen LogP contribution in [0.3, 0.4) is 0 Å². The SMILES string of the molecule is Cc1nc(C(=O)NCc2cccc(F)c2)cc(C2=NO[C@H](C3CO[C@H](CO)CO3)C2)n1. The average molecular weight is 430 g/mol. The second-order valence-electron chi connectivity index (χ2n) is 7.39. The van der Waals surface area contributed by atoms with E-state index in [0.717, 1.165) is 0 Å². The molecule has 0 saturated carbocycles. The quantitative estimate of drug-likeness (QED) is 0.706. The predicted molar refractivity (Wildman–Crippen MR) is 107 cm³/mol.